The van der Waals surface area contributed by atoms with Crippen molar-refractivity contribution < 1.29 is 19.1 Å². The van der Waals surface area contributed by atoms with E-state index in [0.29, 0.717) is 18.8 Å². The van der Waals surface area contributed by atoms with E-state index in [-0.39, 0.29) is 36.8 Å². The molecule has 1 aliphatic heterocycles. The van der Waals surface area contributed by atoms with Gasteiger partial charge in [0.1, 0.15) is 0 Å². The highest BCUT2D eigenvalue weighted by atomic mass is 16.5. The fourth-order valence-corrected chi connectivity index (χ4v) is 3.10. The van der Waals surface area contributed by atoms with Crippen molar-refractivity contribution in [3.63, 3.8) is 0 Å². The molecule has 1 heterocycles. The second-order valence-corrected chi connectivity index (χ2v) is 6.99. The third-order valence-corrected chi connectivity index (χ3v) is 4.63. The Labute approximate surface area is 160 Å². The summed E-state index contributed by atoms with van der Waals surface area (Å²) in [6.07, 6.45) is 1.65. The molecule has 0 unspecified atom stereocenters. The van der Waals surface area contributed by atoms with Crippen LogP contribution in [0, 0.1) is 12.8 Å². The van der Waals surface area contributed by atoms with Gasteiger partial charge in [-0.05, 0) is 45.4 Å². The van der Waals surface area contributed by atoms with Crippen molar-refractivity contribution in [2.45, 2.75) is 26.7 Å². The van der Waals surface area contributed by atoms with Crippen LogP contribution >= 0.6 is 0 Å². The first kappa shape index (κ1) is 20.9. The van der Waals surface area contributed by atoms with E-state index in [4.69, 9.17) is 4.74 Å². The summed E-state index contributed by atoms with van der Waals surface area (Å²) in [6, 6.07) is 7.50. The Morgan fingerprint density at radius 1 is 1.26 bits per heavy atom. The third-order valence-electron chi connectivity index (χ3n) is 4.63. The number of likely N-dealkylation sites (tertiary alicyclic amines) is 1. The maximum absolute atomic E-state index is 12.4. The molecule has 0 saturated carbocycles. The van der Waals surface area contributed by atoms with Crippen LogP contribution in [0.2, 0.25) is 0 Å². The summed E-state index contributed by atoms with van der Waals surface area (Å²) in [6.45, 7) is 5.61. The Bertz CT molecular complexity index is 660. The highest BCUT2D eigenvalue weighted by Crippen LogP contribution is 2.18. The SMILES string of the molecule is CCOC(=O)[C@@H]1CCCN(CC(=O)N(C)CC(=O)Nc2ccc(C)cc2)C1. The monoisotopic (exact) mass is 375 g/mol. The van der Waals surface area contributed by atoms with Crippen LogP contribution in [0.5, 0.6) is 0 Å². The van der Waals surface area contributed by atoms with Gasteiger partial charge in [0, 0.05) is 19.3 Å². The van der Waals surface area contributed by atoms with Gasteiger partial charge in [-0.2, -0.15) is 0 Å². The van der Waals surface area contributed by atoms with Crippen LogP contribution in [0.4, 0.5) is 5.69 Å². The van der Waals surface area contributed by atoms with Gasteiger partial charge in [-0.25, -0.2) is 0 Å². The molecule has 2 amide bonds. The number of hydrogen-bond donors (Lipinski definition) is 1. The van der Waals surface area contributed by atoms with Gasteiger partial charge in [0.25, 0.3) is 0 Å². The molecule has 1 atom stereocenters. The first-order valence-corrected chi connectivity index (χ1v) is 9.38. The fraction of sp³-hybridized carbons (Fsp3) is 0.550. The Morgan fingerprint density at radius 2 is 1.96 bits per heavy atom. The molecule has 1 N–H and O–H groups in total. The van der Waals surface area contributed by atoms with Crippen LogP contribution in [-0.4, -0.2) is 67.4 Å². The summed E-state index contributed by atoms with van der Waals surface area (Å²) in [5.41, 5.74) is 1.82. The first-order valence-electron chi connectivity index (χ1n) is 9.38. The van der Waals surface area contributed by atoms with Gasteiger partial charge in [-0.1, -0.05) is 17.7 Å². The molecule has 7 heteroatoms. The lowest BCUT2D eigenvalue weighted by Gasteiger charge is -2.32. The van der Waals surface area contributed by atoms with Gasteiger partial charge in [0.2, 0.25) is 11.8 Å². The number of nitrogens with zero attached hydrogens (tertiary/aromatic N) is 2. The normalized spacial score (nSPS) is 17.2. The first-order chi connectivity index (χ1) is 12.9. The molecule has 0 spiro atoms. The summed E-state index contributed by atoms with van der Waals surface area (Å²) in [4.78, 5) is 39.9. The van der Waals surface area contributed by atoms with Crippen molar-refractivity contribution in [2.24, 2.45) is 5.92 Å². The zero-order chi connectivity index (χ0) is 19.8. The van der Waals surface area contributed by atoms with Gasteiger partial charge in [0.05, 0.1) is 25.6 Å². The highest BCUT2D eigenvalue weighted by Gasteiger charge is 2.28. The summed E-state index contributed by atoms with van der Waals surface area (Å²) < 4.78 is 5.08. The topological polar surface area (TPSA) is 79.0 Å². The predicted octanol–water partition coefficient (Wildman–Crippen LogP) is 1.67. The number of likely N-dealkylation sites (N-methyl/N-ethyl adjacent to an activating group) is 1. The molecule has 0 aromatic heterocycles. The minimum Gasteiger partial charge on any atom is -0.466 e. The molecule has 0 bridgehead atoms. The minimum atomic E-state index is -0.238. The average Bonchev–Trinajstić information content (AvgIpc) is 2.64. The van der Waals surface area contributed by atoms with Crippen LogP contribution in [0.1, 0.15) is 25.3 Å². The number of carbonyl (C=O) groups excluding carboxylic acids is 3. The smallest absolute Gasteiger partial charge is 0.310 e. The standard InChI is InChI=1S/C20H29N3O4/c1-4-27-20(26)16-6-5-11-23(12-16)14-19(25)22(3)13-18(24)21-17-9-7-15(2)8-10-17/h7-10,16H,4-6,11-14H2,1-3H3,(H,21,24)/t16-/m1/s1. The summed E-state index contributed by atoms with van der Waals surface area (Å²) in [7, 11) is 1.61. The van der Waals surface area contributed by atoms with E-state index in [2.05, 4.69) is 5.32 Å². The van der Waals surface area contributed by atoms with Crippen molar-refractivity contribution in [1.29, 1.82) is 0 Å². The number of piperidine rings is 1. The highest BCUT2D eigenvalue weighted by molar-refractivity contribution is 5.94. The molecule has 0 aliphatic carbocycles. The van der Waals surface area contributed by atoms with Crippen LogP contribution in [0.25, 0.3) is 0 Å². The molecule has 1 aromatic rings. The molecule has 2 rings (SSSR count). The number of anilines is 1. The van der Waals surface area contributed by atoms with E-state index in [0.717, 1.165) is 24.9 Å². The molecular formula is C20H29N3O4. The van der Waals surface area contributed by atoms with Crippen molar-refractivity contribution in [2.75, 3.05) is 45.2 Å². The lowest BCUT2D eigenvalue weighted by atomic mass is 9.98. The van der Waals surface area contributed by atoms with Crippen molar-refractivity contribution in [1.82, 2.24) is 9.80 Å². The van der Waals surface area contributed by atoms with Gasteiger partial charge >= 0.3 is 5.97 Å². The zero-order valence-corrected chi connectivity index (χ0v) is 16.4. The number of ether oxygens (including phenoxy) is 1. The second-order valence-electron chi connectivity index (χ2n) is 6.99. The van der Waals surface area contributed by atoms with Crippen LogP contribution in [-0.2, 0) is 19.1 Å². The van der Waals surface area contributed by atoms with E-state index in [1.54, 1.807) is 14.0 Å². The number of rotatable bonds is 7. The summed E-state index contributed by atoms with van der Waals surface area (Å²) >= 11 is 0. The maximum Gasteiger partial charge on any atom is 0.310 e. The van der Waals surface area contributed by atoms with E-state index in [9.17, 15) is 14.4 Å². The number of amides is 2. The van der Waals surface area contributed by atoms with Gasteiger partial charge in [0.15, 0.2) is 0 Å². The quantitative estimate of drug-likeness (QED) is 0.734. The molecule has 148 valence electrons. The number of nitrogens with one attached hydrogen (secondary N) is 1. The van der Waals surface area contributed by atoms with Crippen molar-refractivity contribution in [3.05, 3.63) is 29.8 Å². The number of aryl methyl sites for hydroxylation is 1. The Kier molecular flexibility index (Phi) is 7.79. The van der Waals surface area contributed by atoms with Gasteiger partial charge in [-0.15, -0.1) is 0 Å². The van der Waals surface area contributed by atoms with Crippen LogP contribution < -0.4 is 5.32 Å². The zero-order valence-electron chi connectivity index (χ0n) is 16.4. The second kappa shape index (κ2) is 10.1. The molecule has 1 fully saturated rings. The molecule has 27 heavy (non-hydrogen) atoms. The summed E-state index contributed by atoms with van der Waals surface area (Å²) in [5, 5.41) is 2.79. The molecule has 0 radical (unpaired) electrons. The van der Waals surface area contributed by atoms with Crippen LogP contribution in [0.3, 0.4) is 0 Å². The molecule has 1 aliphatic rings. The third kappa shape index (κ3) is 6.67. The minimum absolute atomic E-state index is 0.0120. The molecular weight excluding hydrogens is 346 g/mol. The molecule has 1 saturated heterocycles. The van der Waals surface area contributed by atoms with Gasteiger partial charge < -0.3 is 15.0 Å². The Morgan fingerprint density at radius 3 is 2.63 bits per heavy atom. The average molecular weight is 375 g/mol. The number of hydrogen-bond acceptors (Lipinski definition) is 5. The molecule has 1 aromatic carbocycles. The predicted molar refractivity (Wildman–Crippen MR) is 103 cm³/mol. The van der Waals surface area contributed by atoms with Crippen molar-refractivity contribution in [3.8, 4) is 0 Å². The lowest BCUT2D eigenvalue weighted by molar-refractivity contribution is -0.150. The maximum atomic E-state index is 12.4. The Balaban J connectivity index is 1.79. The largest absolute Gasteiger partial charge is 0.466 e. The van der Waals surface area contributed by atoms with E-state index < -0.39 is 0 Å². The van der Waals surface area contributed by atoms with Crippen molar-refractivity contribution >= 4 is 23.5 Å². The lowest BCUT2D eigenvalue weighted by Crippen LogP contribution is -2.46. The molecule has 7 nitrogen and oxygen atoms in total. The van der Waals surface area contributed by atoms with E-state index >= 15 is 0 Å². The fourth-order valence-electron chi connectivity index (χ4n) is 3.10. The Hall–Kier alpha value is -2.41. The number of benzene rings is 1. The number of esters is 1. The van der Waals surface area contributed by atoms with E-state index in [1.165, 1.54) is 4.90 Å². The number of carbonyl (C=O) groups is 3. The van der Waals surface area contributed by atoms with Crippen LogP contribution in [0.15, 0.2) is 24.3 Å². The van der Waals surface area contributed by atoms with E-state index in [1.807, 2.05) is 36.1 Å². The van der Waals surface area contributed by atoms with Gasteiger partial charge in [-0.3, -0.25) is 19.3 Å². The summed E-state index contributed by atoms with van der Waals surface area (Å²) in [5.74, 6) is -0.751.